The van der Waals surface area contributed by atoms with E-state index in [2.05, 4.69) is 30.5 Å². The third-order valence-corrected chi connectivity index (χ3v) is 5.17. The molecule has 0 saturated carbocycles. The van der Waals surface area contributed by atoms with E-state index in [0.29, 0.717) is 23.9 Å². The minimum absolute atomic E-state index is 0.0803. The molecule has 9 nitrogen and oxygen atoms in total. The lowest BCUT2D eigenvalue weighted by atomic mass is 10.1. The van der Waals surface area contributed by atoms with Gasteiger partial charge in [0, 0.05) is 36.9 Å². The second-order valence-electron chi connectivity index (χ2n) is 7.25. The molecule has 0 aliphatic rings. The molecule has 0 saturated heterocycles. The quantitative estimate of drug-likeness (QED) is 0.494. The van der Waals surface area contributed by atoms with Gasteiger partial charge in [-0.3, -0.25) is 4.79 Å². The topological polar surface area (TPSA) is 102 Å². The molecule has 4 aromatic rings. The minimum Gasteiger partial charge on any atom is -0.352 e. The molecule has 0 radical (unpaired) electrons. The Bertz CT molecular complexity index is 1190. The highest BCUT2D eigenvalue weighted by Crippen LogP contribution is 2.17. The third kappa shape index (κ3) is 4.35. The van der Waals surface area contributed by atoms with Crippen molar-refractivity contribution in [1.29, 1.82) is 0 Å². The number of likely N-dealkylation sites (N-methyl/N-ethyl adjacent to an activating group) is 1. The molecule has 3 aromatic heterocycles. The Morgan fingerprint density at radius 3 is 2.68 bits per heavy atom. The van der Waals surface area contributed by atoms with E-state index in [1.807, 2.05) is 50.2 Å². The Hall–Kier alpha value is -3.88. The van der Waals surface area contributed by atoms with Gasteiger partial charge < -0.3 is 10.2 Å². The fourth-order valence-corrected chi connectivity index (χ4v) is 3.36. The molecule has 0 bridgehead atoms. The Kier molecular flexibility index (Phi) is 5.83. The molecule has 1 N–H and O–H groups in total. The standard InChI is InChI=1S/C22H24N8O/c1-4-17(14-24-22-23-13-16-7-5-6-8-18(16)28-22)29(3)21(31)20-19(10-9-15(2)27-20)30-25-11-12-26-30/h5-13,17H,4,14H2,1-3H3,(H,23,24,28). The molecule has 1 unspecified atom stereocenters. The van der Waals surface area contributed by atoms with E-state index >= 15 is 0 Å². The zero-order chi connectivity index (χ0) is 21.8. The molecule has 9 heteroatoms. The maximum Gasteiger partial charge on any atom is 0.274 e. The van der Waals surface area contributed by atoms with E-state index in [0.717, 1.165) is 23.0 Å². The molecule has 4 rings (SSSR count). The second kappa shape index (κ2) is 8.86. The maximum atomic E-state index is 13.3. The van der Waals surface area contributed by atoms with Crippen molar-refractivity contribution < 1.29 is 4.79 Å². The maximum absolute atomic E-state index is 13.3. The fraction of sp³-hybridized carbons (Fsp3) is 0.273. The van der Waals surface area contributed by atoms with Crippen LogP contribution < -0.4 is 5.32 Å². The largest absolute Gasteiger partial charge is 0.352 e. The van der Waals surface area contributed by atoms with Gasteiger partial charge >= 0.3 is 0 Å². The molecule has 158 valence electrons. The van der Waals surface area contributed by atoms with Crippen LogP contribution in [-0.4, -0.2) is 60.4 Å². The first-order chi connectivity index (χ1) is 15.1. The monoisotopic (exact) mass is 416 g/mol. The molecule has 31 heavy (non-hydrogen) atoms. The van der Waals surface area contributed by atoms with Gasteiger partial charge in [-0.2, -0.15) is 10.2 Å². The average molecular weight is 416 g/mol. The molecule has 0 aliphatic heterocycles. The van der Waals surface area contributed by atoms with Crippen LogP contribution >= 0.6 is 0 Å². The number of benzene rings is 1. The van der Waals surface area contributed by atoms with E-state index in [9.17, 15) is 4.79 Å². The molecular weight excluding hydrogens is 392 g/mol. The van der Waals surface area contributed by atoms with Crippen LogP contribution in [-0.2, 0) is 0 Å². The number of pyridine rings is 1. The highest BCUT2D eigenvalue weighted by Gasteiger charge is 2.25. The number of carbonyl (C=O) groups excluding carboxylic acids is 1. The van der Waals surface area contributed by atoms with Crippen molar-refractivity contribution >= 4 is 22.8 Å². The van der Waals surface area contributed by atoms with Gasteiger partial charge in [0.05, 0.1) is 17.9 Å². The summed E-state index contributed by atoms with van der Waals surface area (Å²) in [5.74, 6) is 0.345. The lowest BCUT2D eigenvalue weighted by Crippen LogP contribution is -2.42. The van der Waals surface area contributed by atoms with Crippen molar-refractivity contribution in [1.82, 2.24) is 34.8 Å². The van der Waals surface area contributed by atoms with E-state index in [4.69, 9.17) is 0 Å². The number of hydrogen-bond acceptors (Lipinski definition) is 7. The van der Waals surface area contributed by atoms with Gasteiger partial charge in [-0.05, 0) is 31.5 Å². The summed E-state index contributed by atoms with van der Waals surface area (Å²) in [6, 6.07) is 11.4. The third-order valence-electron chi connectivity index (χ3n) is 5.17. The number of carbonyl (C=O) groups is 1. The summed E-state index contributed by atoms with van der Waals surface area (Å²) >= 11 is 0. The van der Waals surface area contributed by atoms with Gasteiger partial charge in [0.25, 0.3) is 5.91 Å². The van der Waals surface area contributed by atoms with E-state index in [1.165, 1.54) is 4.80 Å². The van der Waals surface area contributed by atoms with Crippen molar-refractivity contribution in [2.75, 3.05) is 18.9 Å². The number of aromatic nitrogens is 6. The van der Waals surface area contributed by atoms with E-state index in [-0.39, 0.29) is 11.9 Å². The number of para-hydroxylation sites is 1. The van der Waals surface area contributed by atoms with Crippen molar-refractivity contribution in [3.05, 3.63) is 66.4 Å². The smallest absolute Gasteiger partial charge is 0.274 e. The Labute approximate surface area is 180 Å². The molecule has 1 amide bonds. The Morgan fingerprint density at radius 2 is 1.90 bits per heavy atom. The summed E-state index contributed by atoms with van der Waals surface area (Å²) in [5.41, 5.74) is 2.49. The van der Waals surface area contributed by atoms with Gasteiger partial charge in [0.2, 0.25) is 5.95 Å². The summed E-state index contributed by atoms with van der Waals surface area (Å²) in [5, 5.41) is 12.5. The predicted octanol–water partition coefficient (Wildman–Crippen LogP) is 2.88. The first-order valence-corrected chi connectivity index (χ1v) is 10.1. The van der Waals surface area contributed by atoms with Gasteiger partial charge in [-0.1, -0.05) is 25.1 Å². The van der Waals surface area contributed by atoms with E-state index in [1.54, 1.807) is 30.5 Å². The molecule has 3 heterocycles. The summed E-state index contributed by atoms with van der Waals surface area (Å²) in [6.45, 7) is 4.41. The number of nitrogens with zero attached hydrogens (tertiary/aromatic N) is 7. The molecule has 0 aliphatic carbocycles. The second-order valence-corrected chi connectivity index (χ2v) is 7.25. The van der Waals surface area contributed by atoms with Crippen LogP contribution in [0.3, 0.4) is 0 Å². The summed E-state index contributed by atoms with van der Waals surface area (Å²) < 4.78 is 0. The van der Waals surface area contributed by atoms with Crippen LogP contribution in [0, 0.1) is 6.92 Å². The highest BCUT2D eigenvalue weighted by molar-refractivity contribution is 5.95. The van der Waals surface area contributed by atoms with Crippen LogP contribution in [0.5, 0.6) is 0 Å². The summed E-state index contributed by atoms with van der Waals surface area (Å²) in [7, 11) is 1.78. The van der Waals surface area contributed by atoms with Gasteiger partial charge in [-0.15, -0.1) is 4.80 Å². The highest BCUT2D eigenvalue weighted by atomic mass is 16.2. The normalized spacial score (nSPS) is 12.0. The molecular formula is C22H24N8O. The number of aryl methyl sites for hydroxylation is 1. The number of anilines is 1. The lowest BCUT2D eigenvalue weighted by molar-refractivity contribution is 0.0729. The minimum atomic E-state index is -0.191. The lowest BCUT2D eigenvalue weighted by Gasteiger charge is -2.28. The molecule has 1 atom stereocenters. The van der Waals surface area contributed by atoms with Crippen LogP contribution in [0.25, 0.3) is 16.6 Å². The first-order valence-electron chi connectivity index (χ1n) is 10.1. The summed E-state index contributed by atoms with van der Waals surface area (Å²) in [6.07, 6.45) is 5.69. The van der Waals surface area contributed by atoms with E-state index < -0.39 is 0 Å². The van der Waals surface area contributed by atoms with Crippen LogP contribution in [0.15, 0.2) is 55.0 Å². The van der Waals surface area contributed by atoms with Crippen molar-refractivity contribution in [2.45, 2.75) is 26.3 Å². The summed E-state index contributed by atoms with van der Waals surface area (Å²) in [4.78, 5) is 29.8. The first kappa shape index (κ1) is 20.4. The van der Waals surface area contributed by atoms with Gasteiger partial charge in [0.15, 0.2) is 5.69 Å². The van der Waals surface area contributed by atoms with Gasteiger partial charge in [0.1, 0.15) is 5.69 Å². The number of rotatable bonds is 7. The number of fused-ring (bicyclic) bond motifs is 1. The zero-order valence-corrected chi connectivity index (χ0v) is 17.7. The molecule has 1 aromatic carbocycles. The average Bonchev–Trinajstić information content (AvgIpc) is 3.33. The van der Waals surface area contributed by atoms with Crippen molar-refractivity contribution in [2.24, 2.45) is 0 Å². The van der Waals surface area contributed by atoms with Crippen LogP contribution in [0.2, 0.25) is 0 Å². The fourth-order valence-electron chi connectivity index (χ4n) is 3.36. The Balaban J connectivity index is 1.52. The SMILES string of the molecule is CCC(CNc1ncc2ccccc2n1)N(C)C(=O)c1nc(C)ccc1-n1nccn1. The van der Waals surface area contributed by atoms with Crippen LogP contribution in [0.4, 0.5) is 5.95 Å². The zero-order valence-electron chi connectivity index (χ0n) is 17.7. The number of hydrogen-bond donors (Lipinski definition) is 1. The Morgan fingerprint density at radius 1 is 1.13 bits per heavy atom. The molecule has 0 spiro atoms. The van der Waals surface area contributed by atoms with Crippen LogP contribution in [0.1, 0.15) is 29.5 Å². The number of nitrogens with one attached hydrogen (secondary N) is 1. The van der Waals surface area contributed by atoms with Gasteiger partial charge in [-0.25, -0.2) is 15.0 Å². The van der Waals surface area contributed by atoms with Crippen molar-refractivity contribution in [3.63, 3.8) is 0 Å². The van der Waals surface area contributed by atoms with Crippen molar-refractivity contribution in [3.8, 4) is 5.69 Å². The number of amides is 1. The predicted molar refractivity (Wildman–Crippen MR) is 118 cm³/mol. The molecule has 0 fully saturated rings.